The molecule has 0 aliphatic carbocycles. The van der Waals surface area contributed by atoms with Gasteiger partial charge in [-0.3, -0.25) is 0 Å². The Balaban J connectivity index is 2.62. The Bertz CT molecular complexity index is 766. The topological polar surface area (TPSA) is 105 Å². The number of nitrogens with one attached hydrogen (secondary N) is 1. The van der Waals surface area contributed by atoms with Crippen LogP contribution in [0.4, 0.5) is 0 Å². The summed E-state index contributed by atoms with van der Waals surface area (Å²) in [7, 11) is -0.323. The molecule has 0 saturated carbocycles. The Morgan fingerprint density at radius 3 is 2.08 bits per heavy atom. The van der Waals surface area contributed by atoms with E-state index < -0.39 is 25.0 Å². The standard InChI is InChI=1S/C18H22BNO6/c1-5-26-18(22)15-11(3)20-10(2)14(17(21)25-4)16(15)12-6-8-13(9-7-12)19(23)24/h6-9,16,20,23-24H,5H2,1-4H3. The number of carbonyl (C=O) groups excluding carboxylic acids is 2. The van der Waals surface area contributed by atoms with Crippen molar-refractivity contribution in [1.29, 1.82) is 0 Å². The summed E-state index contributed by atoms with van der Waals surface area (Å²) in [6, 6.07) is 6.36. The number of allylic oxidation sites excluding steroid dienone is 2. The van der Waals surface area contributed by atoms with Crippen molar-refractivity contribution in [2.75, 3.05) is 13.7 Å². The van der Waals surface area contributed by atoms with Gasteiger partial charge in [-0.2, -0.15) is 0 Å². The minimum atomic E-state index is -1.60. The SMILES string of the molecule is CCOC(=O)C1=C(C)NC(C)=C(C(=O)OC)C1c1ccc(B(O)O)cc1. The minimum Gasteiger partial charge on any atom is -0.466 e. The number of hydrogen-bond acceptors (Lipinski definition) is 7. The molecule has 0 saturated heterocycles. The molecule has 1 unspecified atom stereocenters. The van der Waals surface area contributed by atoms with Crippen molar-refractivity contribution in [2.45, 2.75) is 26.7 Å². The first-order chi connectivity index (χ1) is 12.3. The highest BCUT2D eigenvalue weighted by Crippen LogP contribution is 2.38. The molecule has 0 aromatic heterocycles. The van der Waals surface area contributed by atoms with Gasteiger partial charge < -0.3 is 24.8 Å². The van der Waals surface area contributed by atoms with E-state index in [4.69, 9.17) is 9.47 Å². The van der Waals surface area contributed by atoms with Crippen LogP contribution in [0.2, 0.25) is 0 Å². The fourth-order valence-electron chi connectivity index (χ4n) is 3.05. The number of dihydropyridines is 1. The summed E-state index contributed by atoms with van der Waals surface area (Å²) in [6.45, 7) is 5.38. The lowest BCUT2D eigenvalue weighted by molar-refractivity contribution is -0.139. The van der Waals surface area contributed by atoms with Gasteiger partial charge in [0.25, 0.3) is 0 Å². The lowest BCUT2D eigenvalue weighted by atomic mass is 9.76. The molecule has 2 rings (SSSR count). The maximum Gasteiger partial charge on any atom is 0.488 e. The van der Waals surface area contributed by atoms with Crippen LogP contribution >= 0.6 is 0 Å². The number of carbonyl (C=O) groups is 2. The Labute approximate surface area is 152 Å². The van der Waals surface area contributed by atoms with Crippen LogP contribution in [0.15, 0.2) is 46.8 Å². The van der Waals surface area contributed by atoms with Crippen LogP contribution in [0.5, 0.6) is 0 Å². The van der Waals surface area contributed by atoms with E-state index in [-0.39, 0.29) is 6.61 Å². The van der Waals surface area contributed by atoms with Crippen molar-refractivity contribution < 1.29 is 29.1 Å². The average molecular weight is 359 g/mol. The van der Waals surface area contributed by atoms with Crippen molar-refractivity contribution in [1.82, 2.24) is 5.32 Å². The van der Waals surface area contributed by atoms with Gasteiger partial charge in [-0.25, -0.2) is 9.59 Å². The van der Waals surface area contributed by atoms with Crippen LogP contribution in [0.1, 0.15) is 32.3 Å². The first-order valence-electron chi connectivity index (χ1n) is 8.21. The maximum atomic E-state index is 12.6. The highest BCUT2D eigenvalue weighted by atomic mass is 16.5. The summed E-state index contributed by atoms with van der Waals surface area (Å²) in [4.78, 5) is 24.9. The number of benzene rings is 1. The van der Waals surface area contributed by atoms with Crippen LogP contribution in [-0.4, -0.2) is 42.8 Å². The van der Waals surface area contributed by atoms with E-state index in [2.05, 4.69) is 5.32 Å². The molecule has 0 fully saturated rings. The van der Waals surface area contributed by atoms with Crippen LogP contribution in [-0.2, 0) is 19.1 Å². The van der Waals surface area contributed by atoms with Gasteiger partial charge in [0, 0.05) is 11.4 Å². The highest BCUT2D eigenvalue weighted by molar-refractivity contribution is 6.58. The first kappa shape index (κ1) is 19.7. The molecule has 1 aliphatic rings. The molecule has 1 aliphatic heterocycles. The monoisotopic (exact) mass is 359 g/mol. The minimum absolute atomic E-state index is 0.203. The molecule has 3 N–H and O–H groups in total. The molecular weight excluding hydrogens is 337 g/mol. The van der Waals surface area contributed by atoms with Crippen molar-refractivity contribution in [3.8, 4) is 0 Å². The maximum absolute atomic E-state index is 12.6. The molecule has 7 nitrogen and oxygen atoms in total. The Hall–Kier alpha value is -2.58. The van der Waals surface area contributed by atoms with E-state index in [1.165, 1.54) is 19.2 Å². The van der Waals surface area contributed by atoms with E-state index >= 15 is 0 Å². The highest BCUT2D eigenvalue weighted by Gasteiger charge is 2.37. The third-order valence-corrected chi connectivity index (χ3v) is 4.23. The van der Waals surface area contributed by atoms with Crippen LogP contribution < -0.4 is 10.8 Å². The second-order valence-corrected chi connectivity index (χ2v) is 5.89. The van der Waals surface area contributed by atoms with Gasteiger partial charge in [0.2, 0.25) is 0 Å². The third kappa shape index (κ3) is 3.81. The zero-order valence-corrected chi connectivity index (χ0v) is 15.2. The zero-order chi connectivity index (χ0) is 19.4. The van der Waals surface area contributed by atoms with Gasteiger partial charge in [-0.15, -0.1) is 0 Å². The van der Waals surface area contributed by atoms with Gasteiger partial charge in [0.05, 0.1) is 30.8 Å². The molecule has 1 aromatic rings. The Morgan fingerprint density at radius 2 is 1.62 bits per heavy atom. The van der Waals surface area contributed by atoms with Crippen LogP contribution in [0, 0.1) is 0 Å². The summed E-state index contributed by atoms with van der Waals surface area (Å²) < 4.78 is 10.1. The molecule has 0 radical (unpaired) electrons. The van der Waals surface area contributed by atoms with Gasteiger partial charge in [0.15, 0.2) is 0 Å². The van der Waals surface area contributed by atoms with E-state index in [9.17, 15) is 19.6 Å². The lowest BCUT2D eigenvalue weighted by Crippen LogP contribution is -2.33. The molecule has 26 heavy (non-hydrogen) atoms. The van der Waals surface area contributed by atoms with Crippen LogP contribution in [0.25, 0.3) is 0 Å². The molecule has 1 heterocycles. The van der Waals surface area contributed by atoms with Gasteiger partial charge in [0.1, 0.15) is 0 Å². The van der Waals surface area contributed by atoms with Gasteiger partial charge in [-0.1, -0.05) is 24.3 Å². The van der Waals surface area contributed by atoms with Crippen molar-refractivity contribution in [3.63, 3.8) is 0 Å². The molecular formula is C18H22BNO6. The molecule has 8 heteroatoms. The predicted octanol–water partition coefficient (Wildman–Crippen LogP) is 0.337. The van der Waals surface area contributed by atoms with E-state index in [1.807, 2.05) is 0 Å². The summed E-state index contributed by atoms with van der Waals surface area (Å²) in [5.74, 6) is -1.77. The normalized spacial score (nSPS) is 16.9. The number of ether oxygens (including phenoxy) is 2. The van der Waals surface area contributed by atoms with Crippen molar-refractivity contribution in [3.05, 3.63) is 52.4 Å². The fraction of sp³-hybridized carbons (Fsp3) is 0.333. The average Bonchev–Trinajstić information content (AvgIpc) is 2.60. The van der Waals surface area contributed by atoms with Gasteiger partial charge >= 0.3 is 19.1 Å². The Morgan fingerprint density at radius 1 is 1.08 bits per heavy atom. The quantitative estimate of drug-likeness (QED) is 0.514. The fourth-order valence-corrected chi connectivity index (χ4v) is 3.05. The largest absolute Gasteiger partial charge is 0.488 e. The number of methoxy groups -OCH3 is 1. The second kappa shape index (κ2) is 8.20. The summed E-state index contributed by atoms with van der Waals surface area (Å²) >= 11 is 0. The van der Waals surface area contributed by atoms with Gasteiger partial charge in [-0.05, 0) is 31.8 Å². The molecule has 1 aromatic carbocycles. The van der Waals surface area contributed by atoms with E-state index in [1.54, 1.807) is 32.9 Å². The molecule has 138 valence electrons. The predicted molar refractivity (Wildman–Crippen MR) is 96.2 cm³/mol. The number of esters is 2. The third-order valence-electron chi connectivity index (χ3n) is 4.23. The molecule has 0 spiro atoms. The number of rotatable bonds is 5. The molecule has 0 amide bonds. The molecule has 0 bridgehead atoms. The summed E-state index contributed by atoms with van der Waals surface area (Å²) in [6.07, 6.45) is 0. The number of hydrogen-bond donors (Lipinski definition) is 3. The smallest absolute Gasteiger partial charge is 0.466 e. The summed E-state index contributed by atoms with van der Waals surface area (Å²) in [5.41, 5.74) is 2.73. The first-order valence-corrected chi connectivity index (χ1v) is 8.21. The second-order valence-electron chi connectivity index (χ2n) is 5.89. The van der Waals surface area contributed by atoms with Crippen molar-refractivity contribution in [2.24, 2.45) is 0 Å². The Kier molecular flexibility index (Phi) is 6.23. The van der Waals surface area contributed by atoms with Crippen molar-refractivity contribution >= 4 is 24.5 Å². The molecule has 1 atom stereocenters. The zero-order valence-electron chi connectivity index (χ0n) is 15.2. The van der Waals surface area contributed by atoms with Crippen LogP contribution in [0.3, 0.4) is 0 Å². The van der Waals surface area contributed by atoms with E-state index in [0.29, 0.717) is 33.6 Å². The summed E-state index contributed by atoms with van der Waals surface area (Å²) in [5, 5.41) is 21.6. The van der Waals surface area contributed by atoms with E-state index in [0.717, 1.165) is 0 Å². The lowest BCUT2D eigenvalue weighted by Gasteiger charge is -2.30.